The Bertz CT molecular complexity index is 1070. The number of hydrogen-bond donors (Lipinski definition) is 1. The summed E-state index contributed by atoms with van der Waals surface area (Å²) >= 11 is 0. The third-order valence-electron chi connectivity index (χ3n) is 3.51. The minimum absolute atomic E-state index is 0.130. The third kappa shape index (κ3) is 3.86. The summed E-state index contributed by atoms with van der Waals surface area (Å²) in [5.74, 6) is -0.387. The lowest BCUT2D eigenvalue weighted by Gasteiger charge is -2.06. The highest BCUT2D eigenvalue weighted by Crippen LogP contribution is 2.20. The van der Waals surface area contributed by atoms with Gasteiger partial charge in [0.2, 0.25) is 0 Å². The molecule has 0 fully saturated rings. The molecule has 0 atom stereocenters. The second-order valence-electron chi connectivity index (χ2n) is 5.38. The number of hydrogen-bond acceptors (Lipinski definition) is 5. The molecule has 0 spiro atoms. The standard InChI is InChI=1S/C16H13FN4O4S/c17-16-7-2-1-4-12(16)10-20-11-13(9-18-20)19-26(24,25)15-6-3-5-14(8-15)21(22)23/h1-9,11,19H,10H2. The number of aromatic nitrogens is 2. The summed E-state index contributed by atoms with van der Waals surface area (Å²) in [6, 6.07) is 10.9. The number of nitro groups is 1. The topological polar surface area (TPSA) is 107 Å². The first kappa shape index (κ1) is 17.5. The molecule has 0 radical (unpaired) electrons. The fourth-order valence-corrected chi connectivity index (χ4v) is 3.35. The van der Waals surface area contributed by atoms with E-state index in [1.807, 2.05) is 0 Å². The first-order chi connectivity index (χ1) is 12.3. The van der Waals surface area contributed by atoms with E-state index in [0.717, 1.165) is 6.07 Å². The van der Waals surface area contributed by atoms with Crippen molar-refractivity contribution >= 4 is 21.4 Å². The summed E-state index contributed by atoms with van der Waals surface area (Å²) < 4.78 is 42.1. The van der Waals surface area contributed by atoms with E-state index in [2.05, 4.69) is 9.82 Å². The Morgan fingerprint density at radius 3 is 2.69 bits per heavy atom. The first-order valence-corrected chi connectivity index (χ1v) is 8.86. The number of nitrogens with zero attached hydrogens (tertiary/aromatic N) is 3. The molecule has 10 heteroatoms. The number of nitrogens with one attached hydrogen (secondary N) is 1. The van der Waals surface area contributed by atoms with Gasteiger partial charge in [-0.1, -0.05) is 24.3 Å². The highest BCUT2D eigenvalue weighted by molar-refractivity contribution is 7.92. The minimum atomic E-state index is -4.02. The molecular formula is C16H13FN4O4S. The maximum atomic E-state index is 13.7. The highest BCUT2D eigenvalue weighted by Gasteiger charge is 2.18. The Kier molecular flexibility index (Phi) is 4.67. The summed E-state index contributed by atoms with van der Waals surface area (Å²) in [4.78, 5) is 9.87. The Balaban J connectivity index is 1.79. The zero-order valence-electron chi connectivity index (χ0n) is 13.2. The van der Waals surface area contributed by atoms with Crippen molar-refractivity contribution in [3.8, 4) is 0 Å². The Hall–Kier alpha value is -3.27. The Labute approximate surface area is 148 Å². The molecule has 8 nitrogen and oxygen atoms in total. The van der Waals surface area contributed by atoms with E-state index >= 15 is 0 Å². The van der Waals surface area contributed by atoms with Crippen LogP contribution in [0, 0.1) is 15.9 Å². The van der Waals surface area contributed by atoms with Crippen molar-refractivity contribution in [3.05, 3.63) is 82.4 Å². The number of non-ortho nitro benzene ring substituents is 1. The van der Waals surface area contributed by atoms with Crippen molar-refractivity contribution < 1.29 is 17.7 Å². The van der Waals surface area contributed by atoms with Gasteiger partial charge in [0.15, 0.2) is 0 Å². The molecule has 3 rings (SSSR count). The number of sulfonamides is 1. The maximum Gasteiger partial charge on any atom is 0.270 e. The van der Waals surface area contributed by atoms with Gasteiger partial charge in [-0.05, 0) is 12.1 Å². The van der Waals surface area contributed by atoms with Gasteiger partial charge in [0.1, 0.15) is 5.82 Å². The van der Waals surface area contributed by atoms with Crippen LogP contribution >= 0.6 is 0 Å². The monoisotopic (exact) mass is 376 g/mol. The molecule has 0 amide bonds. The zero-order valence-corrected chi connectivity index (χ0v) is 14.1. The fourth-order valence-electron chi connectivity index (χ4n) is 2.28. The fraction of sp³-hybridized carbons (Fsp3) is 0.0625. The first-order valence-electron chi connectivity index (χ1n) is 7.38. The molecule has 1 N–H and O–H groups in total. The van der Waals surface area contributed by atoms with Crippen LogP contribution in [0.2, 0.25) is 0 Å². The van der Waals surface area contributed by atoms with Crippen LogP contribution in [0.3, 0.4) is 0 Å². The van der Waals surface area contributed by atoms with Gasteiger partial charge in [0.05, 0.1) is 28.2 Å². The van der Waals surface area contributed by atoms with E-state index in [1.54, 1.807) is 18.2 Å². The summed E-state index contributed by atoms with van der Waals surface area (Å²) in [5, 5.41) is 14.8. The van der Waals surface area contributed by atoms with Gasteiger partial charge in [0.25, 0.3) is 15.7 Å². The van der Waals surface area contributed by atoms with Gasteiger partial charge in [-0.3, -0.25) is 19.5 Å². The smallest absolute Gasteiger partial charge is 0.270 e. The van der Waals surface area contributed by atoms with Gasteiger partial charge < -0.3 is 0 Å². The predicted molar refractivity (Wildman–Crippen MR) is 91.6 cm³/mol. The average molecular weight is 376 g/mol. The number of nitro benzene ring substituents is 1. The van der Waals surface area contributed by atoms with E-state index in [1.165, 1.54) is 41.3 Å². The average Bonchev–Trinajstić information content (AvgIpc) is 3.03. The van der Waals surface area contributed by atoms with Crippen LogP contribution in [0.4, 0.5) is 15.8 Å². The highest BCUT2D eigenvalue weighted by atomic mass is 32.2. The molecule has 0 saturated carbocycles. The molecule has 0 saturated heterocycles. The molecule has 3 aromatic rings. The molecule has 26 heavy (non-hydrogen) atoms. The molecular weight excluding hydrogens is 363 g/mol. The molecule has 0 unspecified atom stereocenters. The number of benzene rings is 2. The van der Waals surface area contributed by atoms with Gasteiger partial charge in [-0.2, -0.15) is 5.10 Å². The second-order valence-corrected chi connectivity index (χ2v) is 7.06. The van der Waals surface area contributed by atoms with Crippen molar-refractivity contribution in [1.29, 1.82) is 0 Å². The predicted octanol–water partition coefficient (Wildman–Crippen LogP) is 2.78. The van der Waals surface area contributed by atoms with Crippen molar-refractivity contribution in [1.82, 2.24) is 9.78 Å². The molecule has 134 valence electrons. The van der Waals surface area contributed by atoms with Crippen LogP contribution in [-0.4, -0.2) is 23.1 Å². The second kappa shape index (κ2) is 6.92. The van der Waals surface area contributed by atoms with Gasteiger partial charge in [0, 0.05) is 23.9 Å². The van der Waals surface area contributed by atoms with E-state index < -0.39 is 14.9 Å². The summed E-state index contributed by atoms with van der Waals surface area (Å²) in [7, 11) is -4.02. The van der Waals surface area contributed by atoms with Crippen molar-refractivity contribution in [2.75, 3.05) is 4.72 Å². The van der Waals surface area contributed by atoms with Crippen LogP contribution in [0.5, 0.6) is 0 Å². The van der Waals surface area contributed by atoms with E-state index in [4.69, 9.17) is 0 Å². The molecule has 0 aliphatic carbocycles. The number of rotatable bonds is 6. The summed E-state index contributed by atoms with van der Waals surface area (Å²) in [5.41, 5.74) is 0.236. The molecule has 0 aliphatic rings. The van der Waals surface area contributed by atoms with Crippen molar-refractivity contribution in [2.24, 2.45) is 0 Å². The normalized spacial score (nSPS) is 11.3. The Morgan fingerprint density at radius 2 is 1.96 bits per heavy atom. The van der Waals surface area contributed by atoms with E-state index in [-0.39, 0.29) is 28.6 Å². The molecule has 1 heterocycles. The molecule has 0 aliphatic heterocycles. The molecule has 1 aromatic heterocycles. The van der Waals surface area contributed by atoms with Crippen LogP contribution in [0.15, 0.2) is 65.8 Å². The third-order valence-corrected chi connectivity index (χ3v) is 4.89. The zero-order chi connectivity index (χ0) is 18.7. The van der Waals surface area contributed by atoms with Gasteiger partial charge >= 0.3 is 0 Å². The van der Waals surface area contributed by atoms with E-state index in [9.17, 15) is 22.9 Å². The lowest BCUT2D eigenvalue weighted by atomic mass is 10.2. The van der Waals surface area contributed by atoms with Crippen LogP contribution in [0.25, 0.3) is 0 Å². The van der Waals surface area contributed by atoms with Crippen LogP contribution in [0.1, 0.15) is 5.56 Å². The van der Waals surface area contributed by atoms with Crippen molar-refractivity contribution in [3.63, 3.8) is 0 Å². The van der Waals surface area contributed by atoms with Gasteiger partial charge in [-0.25, -0.2) is 12.8 Å². The van der Waals surface area contributed by atoms with Crippen LogP contribution in [-0.2, 0) is 16.6 Å². The number of halogens is 1. The lowest BCUT2D eigenvalue weighted by Crippen LogP contribution is -2.12. The summed E-state index contributed by atoms with van der Waals surface area (Å²) in [6.45, 7) is 0.130. The lowest BCUT2D eigenvalue weighted by molar-refractivity contribution is -0.385. The van der Waals surface area contributed by atoms with Crippen LogP contribution < -0.4 is 4.72 Å². The summed E-state index contributed by atoms with van der Waals surface area (Å²) in [6.07, 6.45) is 2.68. The SMILES string of the molecule is O=[N+]([O-])c1cccc(S(=O)(=O)Nc2cnn(Cc3ccccc3F)c2)c1. The molecule has 2 aromatic carbocycles. The Morgan fingerprint density at radius 1 is 1.19 bits per heavy atom. The van der Waals surface area contributed by atoms with E-state index in [0.29, 0.717) is 5.56 Å². The van der Waals surface area contributed by atoms with Gasteiger partial charge in [-0.15, -0.1) is 0 Å². The maximum absolute atomic E-state index is 13.7. The molecule has 0 bridgehead atoms. The minimum Gasteiger partial charge on any atom is -0.276 e. The number of anilines is 1. The quantitative estimate of drug-likeness (QED) is 0.526. The van der Waals surface area contributed by atoms with Crippen molar-refractivity contribution in [2.45, 2.75) is 11.4 Å². The largest absolute Gasteiger partial charge is 0.276 e.